The molecule has 1 N–H and O–H groups in total. The first kappa shape index (κ1) is 18.3. The van der Waals surface area contributed by atoms with E-state index in [1.165, 1.54) is 12.1 Å². The van der Waals surface area contributed by atoms with Crippen LogP contribution in [-0.2, 0) is 4.79 Å². The summed E-state index contributed by atoms with van der Waals surface area (Å²) in [6, 6.07) is 13.1. The summed E-state index contributed by atoms with van der Waals surface area (Å²) in [5, 5.41) is 10.9. The number of nitrogens with zero attached hydrogens (tertiary/aromatic N) is 2. The van der Waals surface area contributed by atoms with Crippen LogP contribution >= 0.6 is 11.8 Å². The average molecular weight is 401 g/mol. The van der Waals surface area contributed by atoms with Crippen LogP contribution in [-0.4, -0.2) is 41.1 Å². The van der Waals surface area contributed by atoms with Gasteiger partial charge in [-0.3, -0.25) is 4.79 Å². The quantitative estimate of drug-likeness (QED) is 0.636. The van der Waals surface area contributed by atoms with Crippen molar-refractivity contribution in [2.45, 2.75) is 11.3 Å². The molecular weight excluding hydrogens is 385 g/mol. The SMILES string of the molecule is O=C(CSc1nnc(-c2ccc(F)cc2)o1)NC[C@@H]1COc2ccccc2O1. The zero-order chi connectivity index (χ0) is 19.3. The molecule has 7 nitrogen and oxygen atoms in total. The lowest BCUT2D eigenvalue weighted by Crippen LogP contribution is -2.41. The zero-order valence-electron chi connectivity index (χ0n) is 14.6. The molecular formula is C19H16FN3O4S. The maximum Gasteiger partial charge on any atom is 0.277 e. The largest absolute Gasteiger partial charge is 0.486 e. The van der Waals surface area contributed by atoms with E-state index in [0.717, 1.165) is 11.8 Å². The number of carbonyl (C=O) groups excluding carboxylic acids is 1. The molecule has 0 saturated carbocycles. The molecule has 1 aromatic heterocycles. The number of carbonyl (C=O) groups is 1. The van der Waals surface area contributed by atoms with E-state index in [-0.39, 0.29) is 34.7 Å². The Morgan fingerprint density at radius 2 is 1.93 bits per heavy atom. The van der Waals surface area contributed by atoms with Crippen LogP contribution in [0.5, 0.6) is 11.5 Å². The number of fused-ring (bicyclic) bond motifs is 1. The van der Waals surface area contributed by atoms with E-state index in [0.29, 0.717) is 30.2 Å². The number of thioether (sulfide) groups is 1. The Balaban J connectivity index is 1.24. The lowest BCUT2D eigenvalue weighted by atomic mass is 10.2. The van der Waals surface area contributed by atoms with E-state index in [2.05, 4.69) is 15.5 Å². The second kappa shape index (κ2) is 8.30. The molecule has 1 amide bonds. The predicted molar refractivity (Wildman–Crippen MR) is 99.8 cm³/mol. The molecule has 0 aliphatic carbocycles. The summed E-state index contributed by atoms with van der Waals surface area (Å²) in [5.41, 5.74) is 0.611. The fourth-order valence-electron chi connectivity index (χ4n) is 2.55. The molecule has 0 unspecified atom stereocenters. The van der Waals surface area contributed by atoms with Gasteiger partial charge in [0.15, 0.2) is 11.5 Å². The number of rotatable bonds is 6. The number of hydrogen-bond acceptors (Lipinski definition) is 7. The van der Waals surface area contributed by atoms with Crippen LogP contribution in [0.3, 0.4) is 0 Å². The van der Waals surface area contributed by atoms with E-state index in [1.807, 2.05) is 24.3 Å². The van der Waals surface area contributed by atoms with Gasteiger partial charge in [0.1, 0.15) is 18.5 Å². The highest BCUT2D eigenvalue weighted by atomic mass is 32.2. The molecule has 0 fully saturated rings. The smallest absolute Gasteiger partial charge is 0.277 e. The molecule has 28 heavy (non-hydrogen) atoms. The Morgan fingerprint density at radius 1 is 1.14 bits per heavy atom. The second-order valence-electron chi connectivity index (χ2n) is 5.97. The van der Waals surface area contributed by atoms with Gasteiger partial charge in [0, 0.05) is 5.56 Å². The van der Waals surface area contributed by atoms with Crippen LogP contribution in [0.2, 0.25) is 0 Å². The fourth-order valence-corrected chi connectivity index (χ4v) is 3.14. The summed E-state index contributed by atoms with van der Waals surface area (Å²) >= 11 is 1.12. The van der Waals surface area contributed by atoms with E-state index < -0.39 is 0 Å². The fraction of sp³-hybridized carbons (Fsp3) is 0.211. The summed E-state index contributed by atoms with van der Waals surface area (Å²) in [7, 11) is 0. The maximum atomic E-state index is 13.0. The number of aromatic nitrogens is 2. The number of amides is 1. The Morgan fingerprint density at radius 3 is 2.75 bits per heavy atom. The minimum Gasteiger partial charge on any atom is -0.486 e. The first-order chi connectivity index (χ1) is 13.7. The van der Waals surface area contributed by atoms with Crippen LogP contribution in [0.1, 0.15) is 0 Å². The normalized spacial score (nSPS) is 15.2. The number of benzene rings is 2. The lowest BCUT2D eigenvalue weighted by Gasteiger charge is -2.26. The van der Waals surface area contributed by atoms with Crippen molar-refractivity contribution in [2.75, 3.05) is 18.9 Å². The Hall–Kier alpha value is -3.07. The molecule has 1 atom stereocenters. The highest BCUT2D eigenvalue weighted by Crippen LogP contribution is 2.30. The zero-order valence-corrected chi connectivity index (χ0v) is 15.4. The van der Waals surface area contributed by atoms with Gasteiger partial charge in [0.2, 0.25) is 11.8 Å². The van der Waals surface area contributed by atoms with Crippen LogP contribution in [0.15, 0.2) is 58.2 Å². The average Bonchev–Trinajstić information content (AvgIpc) is 3.20. The minimum absolute atomic E-state index is 0.120. The number of hydrogen-bond donors (Lipinski definition) is 1. The minimum atomic E-state index is -0.342. The van der Waals surface area contributed by atoms with E-state index in [9.17, 15) is 9.18 Å². The second-order valence-corrected chi connectivity index (χ2v) is 6.90. The number of para-hydroxylation sites is 2. The molecule has 1 aliphatic rings. The van der Waals surface area contributed by atoms with Crippen LogP contribution in [0.4, 0.5) is 4.39 Å². The molecule has 0 spiro atoms. The number of halogens is 1. The van der Waals surface area contributed by atoms with E-state index in [1.54, 1.807) is 12.1 Å². The van der Waals surface area contributed by atoms with Gasteiger partial charge in [0.05, 0.1) is 12.3 Å². The maximum absolute atomic E-state index is 13.0. The molecule has 0 saturated heterocycles. The van der Waals surface area contributed by atoms with Gasteiger partial charge in [-0.05, 0) is 36.4 Å². The molecule has 1 aliphatic heterocycles. The lowest BCUT2D eigenvalue weighted by molar-refractivity contribution is -0.119. The summed E-state index contributed by atoms with van der Waals surface area (Å²) in [6.07, 6.45) is -0.252. The van der Waals surface area contributed by atoms with Gasteiger partial charge >= 0.3 is 0 Å². The van der Waals surface area contributed by atoms with Gasteiger partial charge in [-0.15, -0.1) is 10.2 Å². The predicted octanol–water partition coefficient (Wildman–Crippen LogP) is 2.92. The van der Waals surface area contributed by atoms with Crippen molar-refractivity contribution in [3.05, 3.63) is 54.3 Å². The highest BCUT2D eigenvalue weighted by Gasteiger charge is 2.21. The van der Waals surface area contributed by atoms with Crippen LogP contribution in [0, 0.1) is 5.82 Å². The van der Waals surface area contributed by atoms with Gasteiger partial charge in [-0.1, -0.05) is 23.9 Å². The molecule has 0 radical (unpaired) electrons. The van der Waals surface area contributed by atoms with Crippen molar-refractivity contribution in [3.63, 3.8) is 0 Å². The third kappa shape index (κ3) is 4.42. The monoisotopic (exact) mass is 401 g/mol. The summed E-state index contributed by atoms with van der Waals surface area (Å²) < 4.78 is 29.9. The number of ether oxygens (including phenoxy) is 2. The van der Waals surface area contributed by atoms with Gasteiger partial charge in [-0.25, -0.2) is 4.39 Å². The van der Waals surface area contributed by atoms with E-state index in [4.69, 9.17) is 13.9 Å². The van der Waals surface area contributed by atoms with Crippen LogP contribution < -0.4 is 14.8 Å². The summed E-state index contributed by atoms with van der Waals surface area (Å²) in [4.78, 5) is 12.1. The first-order valence-electron chi connectivity index (χ1n) is 8.55. The van der Waals surface area contributed by atoms with Crippen LogP contribution in [0.25, 0.3) is 11.5 Å². The third-order valence-electron chi connectivity index (χ3n) is 3.92. The van der Waals surface area contributed by atoms with Crippen molar-refractivity contribution in [2.24, 2.45) is 0 Å². The van der Waals surface area contributed by atoms with Gasteiger partial charge < -0.3 is 19.2 Å². The molecule has 0 bridgehead atoms. The number of nitrogens with one attached hydrogen (secondary N) is 1. The molecule has 144 valence electrons. The van der Waals surface area contributed by atoms with Gasteiger partial charge in [-0.2, -0.15) is 0 Å². The first-order valence-corrected chi connectivity index (χ1v) is 9.53. The van der Waals surface area contributed by atoms with Crippen molar-refractivity contribution in [1.29, 1.82) is 0 Å². The van der Waals surface area contributed by atoms with Crippen molar-refractivity contribution in [1.82, 2.24) is 15.5 Å². The summed E-state index contributed by atoms with van der Waals surface area (Å²) in [5.74, 6) is 1.24. The van der Waals surface area contributed by atoms with Crippen molar-refractivity contribution >= 4 is 17.7 Å². The van der Waals surface area contributed by atoms with E-state index >= 15 is 0 Å². The Kier molecular flexibility index (Phi) is 5.43. The molecule has 2 heterocycles. The Bertz CT molecular complexity index is 964. The molecule has 4 rings (SSSR count). The highest BCUT2D eigenvalue weighted by molar-refractivity contribution is 7.99. The standard InChI is InChI=1S/C19H16FN3O4S/c20-13-7-5-12(6-8-13)18-22-23-19(27-18)28-11-17(24)21-9-14-10-25-15-3-1-2-4-16(15)26-14/h1-8,14H,9-11H2,(H,21,24)/t14-/m1/s1. The topological polar surface area (TPSA) is 86.5 Å². The van der Waals surface area contributed by atoms with Gasteiger partial charge in [0.25, 0.3) is 5.22 Å². The van der Waals surface area contributed by atoms with Crippen molar-refractivity contribution < 1.29 is 23.1 Å². The van der Waals surface area contributed by atoms with Crippen molar-refractivity contribution in [3.8, 4) is 23.0 Å². The molecule has 2 aromatic carbocycles. The third-order valence-corrected chi connectivity index (χ3v) is 4.74. The Labute approximate surface area is 164 Å². The molecule has 9 heteroatoms. The molecule has 3 aromatic rings. The summed E-state index contributed by atoms with van der Waals surface area (Å²) in [6.45, 7) is 0.702.